The van der Waals surface area contributed by atoms with Gasteiger partial charge >= 0.3 is 0 Å². The zero-order valence-corrected chi connectivity index (χ0v) is 14.0. The molecule has 0 atom stereocenters. The SMILES string of the molecule is CN=S1(=O)CC(C)(C)C2=C(CCCCC2)C(C)(C)C1. The molecule has 2 nitrogen and oxygen atoms in total. The van der Waals surface area contributed by atoms with Gasteiger partial charge in [-0.2, -0.15) is 0 Å². The Kier molecular flexibility index (Phi) is 3.90. The van der Waals surface area contributed by atoms with E-state index >= 15 is 0 Å². The largest absolute Gasteiger partial charge is 0.250 e. The third-order valence-corrected chi connectivity index (χ3v) is 7.87. The minimum absolute atomic E-state index is 0.0457. The van der Waals surface area contributed by atoms with E-state index in [0.717, 1.165) is 11.5 Å². The lowest BCUT2D eigenvalue weighted by Crippen LogP contribution is -2.28. The Morgan fingerprint density at radius 1 is 0.895 bits per heavy atom. The summed E-state index contributed by atoms with van der Waals surface area (Å²) in [6, 6.07) is 0. The zero-order chi connectivity index (χ0) is 14.3. The molecule has 0 N–H and O–H groups in total. The topological polar surface area (TPSA) is 29.4 Å². The highest BCUT2D eigenvalue weighted by molar-refractivity contribution is 7.93. The highest BCUT2D eigenvalue weighted by Gasteiger charge is 2.41. The zero-order valence-electron chi connectivity index (χ0n) is 13.2. The van der Waals surface area contributed by atoms with Crippen molar-refractivity contribution in [3.63, 3.8) is 0 Å². The van der Waals surface area contributed by atoms with Crippen LogP contribution in [0.5, 0.6) is 0 Å². The molecule has 0 radical (unpaired) electrons. The van der Waals surface area contributed by atoms with Gasteiger partial charge in [-0.3, -0.25) is 0 Å². The molecule has 0 aromatic rings. The molecule has 1 aliphatic carbocycles. The molecule has 19 heavy (non-hydrogen) atoms. The first-order valence-electron chi connectivity index (χ1n) is 7.54. The molecule has 0 saturated heterocycles. The van der Waals surface area contributed by atoms with Crippen molar-refractivity contribution in [3.05, 3.63) is 11.1 Å². The van der Waals surface area contributed by atoms with E-state index in [0.29, 0.717) is 0 Å². The number of rotatable bonds is 0. The van der Waals surface area contributed by atoms with Gasteiger partial charge in [0, 0.05) is 28.3 Å². The van der Waals surface area contributed by atoms with E-state index in [1.807, 2.05) is 0 Å². The summed E-state index contributed by atoms with van der Waals surface area (Å²) >= 11 is 0. The van der Waals surface area contributed by atoms with Gasteiger partial charge in [-0.05, 0) is 36.5 Å². The van der Waals surface area contributed by atoms with Crippen molar-refractivity contribution in [1.29, 1.82) is 0 Å². The van der Waals surface area contributed by atoms with E-state index in [1.54, 1.807) is 18.2 Å². The highest BCUT2D eigenvalue weighted by atomic mass is 32.2. The van der Waals surface area contributed by atoms with E-state index in [-0.39, 0.29) is 10.8 Å². The average molecular weight is 283 g/mol. The van der Waals surface area contributed by atoms with Crippen LogP contribution in [-0.2, 0) is 9.73 Å². The van der Waals surface area contributed by atoms with Gasteiger partial charge in [0.25, 0.3) is 0 Å². The third-order valence-electron chi connectivity index (χ3n) is 4.86. The van der Waals surface area contributed by atoms with Crippen molar-refractivity contribution in [3.8, 4) is 0 Å². The van der Waals surface area contributed by atoms with E-state index < -0.39 is 9.73 Å². The molecular formula is C16H29NOS. The first-order chi connectivity index (χ1) is 8.70. The minimum atomic E-state index is -2.07. The van der Waals surface area contributed by atoms with Gasteiger partial charge in [-0.15, -0.1) is 0 Å². The summed E-state index contributed by atoms with van der Waals surface area (Å²) in [4.78, 5) is 0. The summed E-state index contributed by atoms with van der Waals surface area (Å²) < 4.78 is 17.4. The van der Waals surface area contributed by atoms with Crippen molar-refractivity contribution in [2.75, 3.05) is 18.6 Å². The summed E-state index contributed by atoms with van der Waals surface area (Å²) in [6.45, 7) is 9.11. The molecule has 3 heteroatoms. The Morgan fingerprint density at radius 2 is 1.32 bits per heavy atom. The van der Waals surface area contributed by atoms with Gasteiger partial charge in [0.05, 0.1) is 0 Å². The lowest BCUT2D eigenvalue weighted by Gasteiger charge is -2.31. The Labute approximate surface area is 119 Å². The second-order valence-corrected chi connectivity index (χ2v) is 10.0. The maximum Gasteiger partial charge on any atom is 0.0481 e. The van der Waals surface area contributed by atoms with E-state index in [4.69, 9.17) is 0 Å². The Hall–Kier alpha value is -0.310. The van der Waals surface area contributed by atoms with Crippen LogP contribution in [0.1, 0.15) is 59.8 Å². The van der Waals surface area contributed by atoms with Gasteiger partial charge in [0.2, 0.25) is 0 Å². The second-order valence-electron chi connectivity index (χ2n) is 7.53. The molecule has 1 aliphatic heterocycles. The smallest absolute Gasteiger partial charge is 0.0481 e. The maximum absolute atomic E-state index is 13.1. The first-order valence-corrected chi connectivity index (χ1v) is 9.39. The summed E-state index contributed by atoms with van der Waals surface area (Å²) in [7, 11) is -0.326. The normalized spacial score (nSPS) is 29.1. The van der Waals surface area contributed by atoms with Crippen LogP contribution in [0.25, 0.3) is 0 Å². The van der Waals surface area contributed by atoms with Gasteiger partial charge in [0.15, 0.2) is 0 Å². The molecule has 2 aliphatic rings. The second kappa shape index (κ2) is 4.91. The highest BCUT2D eigenvalue weighted by Crippen LogP contribution is 2.48. The van der Waals surface area contributed by atoms with Crippen molar-refractivity contribution >= 4 is 9.73 Å². The van der Waals surface area contributed by atoms with Crippen LogP contribution >= 0.6 is 0 Å². The van der Waals surface area contributed by atoms with Crippen molar-refractivity contribution in [2.24, 2.45) is 15.2 Å². The van der Waals surface area contributed by atoms with Crippen LogP contribution in [0.2, 0.25) is 0 Å². The molecule has 0 unspecified atom stereocenters. The van der Waals surface area contributed by atoms with Crippen molar-refractivity contribution in [2.45, 2.75) is 59.8 Å². The van der Waals surface area contributed by atoms with Gasteiger partial charge in [0.1, 0.15) is 0 Å². The molecule has 1 heterocycles. The lowest BCUT2D eigenvalue weighted by atomic mass is 9.73. The predicted molar refractivity (Wildman–Crippen MR) is 83.9 cm³/mol. The molecule has 2 rings (SSSR count). The summed E-state index contributed by atoms with van der Waals surface area (Å²) in [5.74, 6) is 1.47. The Morgan fingerprint density at radius 3 is 1.68 bits per heavy atom. The fourth-order valence-electron chi connectivity index (χ4n) is 4.06. The molecule has 0 amide bonds. The van der Waals surface area contributed by atoms with Crippen molar-refractivity contribution in [1.82, 2.24) is 0 Å². The fourth-order valence-corrected chi connectivity index (χ4v) is 7.02. The average Bonchev–Trinajstić information content (AvgIpc) is 2.55. The number of hydrogen-bond acceptors (Lipinski definition) is 2. The van der Waals surface area contributed by atoms with Crippen LogP contribution in [0, 0.1) is 10.8 Å². The lowest BCUT2D eigenvalue weighted by molar-refractivity contribution is 0.448. The fraction of sp³-hybridized carbons (Fsp3) is 0.875. The van der Waals surface area contributed by atoms with E-state index in [9.17, 15) is 4.21 Å². The number of hydrogen-bond donors (Lipinski definition) is 0. The molecule has 0 saturated carbocycles. The molecular weight excluding hydrogens is 254 g/mol. The van der Waals surface area contributed by atoms with Gasteiger partial charge in [-0.25, -0.2) is 8.57 Å². The monoisotopic (exact) mass is 283 g/mol. The molecule has 0 bridgehead atoms. The Bertz CT molecular complexity index is 469. The molecule has 0 aromatic carbocycles. The summed E-state index contributed by atoms with van der Waals surface area (Å²) in [5.41, 5.74) is 3.29. The van der Waals surface area contributed by atoms with Crippen LogP contribution in [0.4, 0.5) is 0 Å². The van der Waals surface area contributed by atoms with Gasteiger partial charge < -0.3 is 0 Å². The summed E-state index contributed by atoms with van der Waals surface area (Å²) in [5, 5.41) is 0. The van der Waals surface area contributed by atoms with Crippen LogP contribution in [0.3, 0.4) is 0 Å². The number of allylic oxidation sites excluding steroid dienone is 2. The standard InChI is InChI=1S/C16H29NOS/c1-15(2)11-19(18,17-5)12-16(3,4)14-10-8-6-7-9-13(14)15/h6-12H2,1-5H3. The molecule has 0 fully saturated rings. The molecule has 0 aromatic heterocycles. The molecule has 110 valence electrons. The van der Waals surface area contributed by atoms with E-state index in [1.165, 1.54) is 32.1 Å². The molecule has 0 spiro atoms. The van der Waals surface area contributed by atoms with Crippen LogP contribution < -0.4 is 0 Å². The minimum Gasteiger partial charge on any atom is -0.250 e. The number of nitrogens with zero attached hydrogens (tertiary/aromatic N) is 1. The van der Waals surface area contributed by atoms with E-state index in [2.05, 4.69) is 32.1 Å². The maximum atomic E-state index is 13.1. The Balaban J connectivity index is 2.60. The van der Waals surface area contributed by atoms with Crippen LogP contribution in [-0.4, -0.2) is 22.8 Å². The van der Waals surface area contributed by atoms with Crippen molar-refractivity contribution < 1.29 is 4.21 Å². The quantitative estimate of drug-likeness (QED) is 0.605. The predicted octanol–water partition coefficient (Wildman–Crippen LogP) is 4.41. The van der Waals surface area contributed by atoms with Gasteiger partial charge in [-0.1, -0.05) is 45.3 Å². The third kappa shape index (κ3) is 2.91. The first kappa shape index (κ1) is 15.1. The summed E-state index contributed by atoms with van der Waals surface area (Å²) in [6.07, 6.45) is 6.33. The van der Waals surface area contributed by atoms with Crippen LogP contribution in [0.15, 0.2) is 15.5 Å².